The number of benzene rings is 1. The molecule has 0 saturated heterocycles. The molecule has 0 unspecified atom stereocenters. The minimum absolute atomic E-state index is 0.0448. The van der Waals surface area contributed by atoms with E-state index in [-0.39, 0.29) is 5.91 Å². The third kappa shape index (κ3) is 3.79. The number of aryl methyl sites for hydroxylation is 2. The maximum atomic E-state index is 11.5. The van der Waals surface area contributed by atoms with Crippen molar-refractivity contribution in [1.29, 1.82) is 0 Å². The Bertz CT molecular complexity index is 575. The molecule has 0 bridgehead atoms. The molecule has 2 rings (SSSR count). The first-order valence-corrected chi connectivity index (χ1v) is 6.37. The number of rotatable bonds is 5. The molecule has 0 aliphatic rings. The van der Waals surface area contributed by atoms with Gasteiger partial charge in [0.15, 0.2) is 11.5 Å². The van der Waals surface area contributed by atoms with Gasteiger partial charge in [0.2, 0.25) is 5.91 Å². The second-order valence-electron chi connectivity index (χ2n) is 4.82. The molecule has 0 atom stereocenters. The number of nitrogens with zero attached hydrogens (tertiary/aromatic N) is 2. The van der Waals surface area contributed by atoms with Gasteiger partial charge in [-0.25, -0.2) is 9.99 Å². The van der Waals surface area contributed by atoms with Crippen molar-refractivity contribution < 1.29 is 9.21 Å². The van der Waals surface area contributed by atoms with Crippen molar-refractivity contribution in [1.82, 2.24) is 15.4 Å². The summed E-state index contributed by atoms with van der Waals surface area (Å²) in [6, 6.07) is 5.98. The van der Waals surface area contributed by atoms with Crippen LogP contribution in [0.15, 0.2) is 22.6 Å². The highest BCUT2D eigenvalue weighted by Gasteiger charge is 2.05. The largest absolute Gasteiger partial charge is 0.441 e. The lowest BCUT2D eigenvalue weighted by molar-refractivity contribution is -0.124. The zero-order chi connectivity index (χ0) is 13.8. The van der Waals surface area contributed by atoms with Gasteiger partial charge < -0.3 is 4.42 Å². The first-order chi connectivity index (χ1) is 9.04. The van der Waals surface area contributed by atoms with Gasteiger partial charge in [-0.05, 0) is 30.5 Å². The van der Waals surface area contributed by atoms with E-state index in [2.05, 4.69) is 10.4 Å². The SMILES string of the molecule is Cc1nc2cc(CCCC(=O)NN(C)C)ccc2o1. The van der Waals surface area contributed by atoms with E-state index >= 15 is 0 Å². The van der Waals surface area contributed by atoms with Gasteiger partial charge in [0, 0.05) is 27.4 Å². The Morgan fingerprint density at radius 1 is 1.42 bits per heavy atom. The van der Waals surface area contributed by atoms with Gasteiger partial charge in [-0.2, -0.15) is 0 Å². The van der Waals surface area contributed by atoms with Crippen LogP contribution in [-0.4, -0.2) is 30.0 Å². The van der Waals surface area contributed by atoms with Crippen molar-refractivity contribution in [3.05, 3.63) is 29.7 Å². The van der Waals surface area contributed by atoms with E-state index in [4.69, 9.17) is 4.42 Å². The van der Waals surface area contributed by atoms with Crippen LogP contribution in [0.5, 0.6) is 0 Å². The summed E-state index contributed by atoms with van der Waals surface area (Å²) in [7, 11) is 3.61. The Morgan fingerprint density at radius 2 is 2.21 bits per heavy atom. The first kappa shape index (κ1) is 13.5. The minimum atomic E-state index is 0.0448. The van der Waals surface area contributed by atoms with Crippen LogP contribution in [-0.2, 0) is 11.2 Å². The molecule has 0 saturated carbocycles. The summed E-state index contributed by atoms with van der Waals surface area (Å²) < 4.78 is 5.43. The van der Waals surface area contributed by atoms with Crippen LogP contribution in [0.2, 0.25) is 0 Å². The highest BCUT2D eigenvalue weighted by atomic mass is 16.3. The molecule has 1 N–H and O–H groups in total. The number of hydrogen-bond donors (Lipinski definition) is 1. The van der Waals surface area contributed by atoms with E-state index < -0.39 is 0 Å². The number of amides is 1. The minimum Gasteiger partial charge on any atom is -0.441 e. The Kier molecular flexibility index (Phi) is 4.16. The van der Waals surface area contributed by atoms with Crippen LogP contribution in [0.25, 0.3) is 11.1 Å². The molecule has 0 aliphatic carbocycles. The third-order valence-corrected chi connectivity index (χ3v) is 2.78. The van der Waals surface area contributed by atoms with Crippen molar-refractivity contribution in [3.63, 3.8) is 0 Å². The molecule has 19 heavy (non-hydrogen) atoms. The van der Waals surface area contributed by atoms with Crippen LogP contribution < -0.4 is 5.43 Å². The number of hydrogen-bond acceptors (Lipinski definition) is 4. The predicted molar refractivity (Wildman–Crippen MR) is 73.5 cm³/mol. The average Bonchev–Trinajstić information content (AvgIpc) is 2.67. The zero-order valence-electron chi connectivity index (χ0n) is 11.6. The molecule has 5 nitrogen and oxygen atoms in total. The molecule has 0 aliphatic heterocycles. The Labute approximate surface area is 112 Å². The summed E-state index contributed by atoms with van der Waals surface area (Å²) in [5, 5.41) is 1.66. The molecule has 102 valence electrons. The fourth-order valence-electron chi connectivity index (χ4n) is 2.00. The summed E-state index contributed by atoms with van der Waals surface area (Å²) in [4.78, 5) is 15.8. The summed E-state index contributed by atoms with van der Waals surface area (Å²) in [6.07, 6.45) is 2.21. The number of oxazole rings is 1. The van der Waals surface area contributed by atoms with E-state index in [9.17, 15) is 4.79 Å². The molecule has 2 aromatic rings. The fourth-order valence-corrected chi connectivity index (χ4v) is 2.00. The standard InChI is InChI=1S/C14H19N3O2/c1-10-15-12-9-11(7-8-13(12)19-10)5-4-6-14(18)16-17(2)3/h7-9H,4-6H2,1-3H3,(H,16,18). The highest BCUT2D eigenvalue weighted by molar-refractivity contribution is 5.75. The van der Waals surface area contributed by atoms with Crippen molar-refractivity contribution in [2.75, 3.05) is 14.1 Å². The van der Waals surface area contributed by atoms with Gasteiger partial charge in [-0.15, -0.1) is 0 Å². The van der Waals surface area contributed by atoms with Crippen molar-refractivity contribution >= 4 is 17.0 Å². The zero-order valence-corrected chi connectivity index (χ0v) is 11.6. The number of nitrogens with one attached hydrogen (secondary N) is 1. The number of fused-ring (bicyclic) bond motifs is 1. The molecule has 1 amide bonds. The van der Waals surface area contributed by atoms with Crippen LogP contribution in [0, 0.1) is 6.92 Å². The normalized spacial score (nSPS) is 11.2. The summed E-state index contributed by atoms with van der Waals surface area (Å²) in [5.74, 6) is 0.723. The Hall–Kier alpha value is -1.88. The van der Waals surface area contributed by atoms with Gasteiger partial charge in [-0.1, -0.05) is 6.07 Å². The van der Waals surface area contributed by atoms with Crippen molar-refractivity contribution in [2.45, 2.75) is 26.2 Å². The number of hydrazine groups is 1. The second kappa shape index (κ2) is 5.84. The van der Waals surface area contributed by atoms with E-state index in [1.54, 1.807) is 19.1 Å². The van der Waals surface area contributed by atoms with Gasteiger partial charge in [0.05, 0.1) is 0 Å². The molecule has 0 fully saturated rings. The fraction of sp³-hybridized carbons (Fsp3) is 0.429. The topological polar surface area (TPSA) is 58.4 Å². The molecular formula is C14H19N3O2. The molecule has 0 spiro atoms. The lowest BCUT2D eigenvalue weighted by atomic mass is 10.1. The summed E-state index contributed by atoms with van der Waals surface area (Å²) in [5.41, 5.74) is 5.60. The van der Waals surface area contributed by atoms with Gasteiger partial charge in [0.1, 0.15) is 5.52 Å². The van der Waals surface area contributed by atoms with Gasteiger partial charge in [0.25, 0.3) is 0 Å². The lowest BCUT2D eigenvalue weighted by Gasteiger charge is -2.11. The Morgan fingerprint density at radius 3 is 2.95 bits per heavy atom. The highest BCUT2D eigenvalue weighted by Crippen LogP contribution is 2.17. The first-order valence-electron chi connectivity index (χ1n) is 6.37. The van der Waals surface area contributed by atoms with Crippen LogP contribution in [0.1, 0.15) is 24.3 Å². The Balaban J connectivity index is 1.89. The quantitative estimate of drug-likeness (QED) is 0.837. The molecule has 1 aromatic carbocycles. The number of carbonyl (C=O) groups is 1. The maximum Gasteiger partial charge on any atom is 0.234 e. The van der Waals surface area contributed by atoms with Gasteiger partial charge >= 0.3 is 0 Å². The second-order valence-corrected chi connectivity index (χ2v) is 4.82. The van der Waals surface area contributed by atoms with E-state index in [0.717, 1.165) is 23.9 Å². The van der Waals surface area contributed by atoms with Crippen molar-refractivity contribution in [3.8, 4) is 0 Å². The number of aromatic nitrogens is 1. The number of carbonyl (C=O) groups excluding carboxylic acids is 1. The van der Waals surface area contributed by atoms with Crippen molar-refractivity contribution in [2.24, 2.45) is 0 Å². The van der Waals surface area contributed by atoms with E-state index in [1.807, 2.05) is 25.1 Å². The maximum absolute atomic E-state index is 11.5. The third-order valence-electron chi connectivity index (χ3n) is 2.78. The van der Waals surface area contributed by atoms with Crippen LogP contribution >= 0.6 is 0 Å². The molecule has 1 heterocycles. The van der Waals surface area contributed by atoms with E-state index in [1.165, 1.54) is 5.56 Å². The summed E-state index contributed by atoms with van der Waals surface area (Å²) >= 11 is 0. The van der Waals surface area contributed by atoms with Crippen LogP contribution in [0.3, 0.4) is 0 Å². The summed E-state index contributed by atoms with van der Waals surface area (Å²) in [6.45, 7) is 1.84. The molecular weight excluding hydrogens is 242 g/mol. The predicted octanol–water partition coefficient (Wildman–Crippen LogP) is 2.05. The lowest BCUT2D eigenvalue weighted by Crippen LogP contribution is -2.35. The smallest absolute Gasteiger partial charge is 0.234 e. The monoisotopic (exact) mass is 261 g/mol. The molecule has 0 radical (unpaired) electrons. The van der Waals surface area contributed by atoms with Crippen LogP contribution in [0.4, 0.5) is 0 Å². The van der Waals surface area contributed by atoms with Gasteiger partial charge in [-0.3, -0.25) is 10.2 Å². The molecule has 5 heteroatoms. The molecule has 1 aromatic heterocycles. The van der Waals surface area contributed by atoms with E-state index in [0.29, 0.717) is 12.3 Å². The average molecular weight is 261 g/mol.